The van der Waals surface area contributed by atoms with Gasteiger partial charge in [0.25, 0.3) is 0 Å². The lowest BCUT2D eigenvalue weighted by Crippen LogP contribution is -1.92. The molecule has 4 aromatic rings. The van der Waals surface area contributed by atoms with Gasteiger partial charge in [0.2, 0.25) is 5.88 Å². The van der Waals surface area contributed by atoms with Gasteiger partial charge in [-0.1, -0.05) is 18.2 Å². The molecule has 1 aliphatic rings. The van der Waals surface area contributed by atoms with E-state index >= 15 is 0 Å². The van der Waals surface area contributed by atoms with E-state index in [9.17, 15) is 0 Å². The van der Waals surface area contributed by atoms with Gasteiger partial charge < -0.3 is 9.47 Å². The summed E-state index contributed by atoms with van der Waals surface area (Å²) in [4.78, 5) is 9.78. The molecule has 5 rings (SSSR count). The minimum Gasteiger partial charge on any atom is -0.497 e. The van der Waals surface area contributed by atoms with E-state index in [-0.39, 0.29) is 0 Å². The lowest BCUT2D eigenvalue weighted by atomic mass is 10.1. The molecule has 5 heteroatoms. The molecule has 0 bridgehead atoms. The average Bonchev–Trinajstić information content (AvgIpc) is 3.35. The highest BCUT2D eigenvalue weighted by Gasteiger charge is 2.16. The number of methoxy groups -OCH3 is 1. The number of aryl methyl sites for hydroxylation is 2. The molecule has 0 aliphatic heterocycles. The molecule has 0 saturated carbocycles. The Morgan fingerprint density at radius 2 is 1.74 bits per heavy atom. The minimum absolute atomic E-state index is 0.602. The molecular formula is C22H18N2O2S. The summed E-state index contributed by atoms with van der Waals surface area (Å²) in [5.41, 5.74) is 4.99. The molecule has 134 valence electrons. The summed E-state index contributed by atoms with van der Waals surface area (Å²) in [6.07, 6.45) is 5.09. The Hall–Kier alpha value is -2.92. The fraction of sp³-hybridized carbons (Fsp3) is 0.182. The van der Waals surface area contributed by atoms with Gasteiger partial charge in [0.1, 0.15) is 22.7 Å². The fourth-order valence-corrected chi connectivity index (χ4v) is 4.54. The van der Waals surface area contributed by atoms with Crippen LogP contribution < -0.4 is 9.47 Å². The first-order chi connectivity index (χ1) is 13.3. The second kappa shape index (κ2) is 6.67. The summed E-state index contributed by atoms with van der Waals surface area (Å²) in [5, 5.41) is 3.06. The molecule has 2 aromatic heterocycles. The van der Waals surface area contributed by atoms with Crippen LogP contribution in [0.5, 0.6) is 17.4 Å². The number of thiophene rings is 1. The maximum Gasteiger partial charge on any atom is 0.231 e. The van der Waals surface area contributed by atoms with Crippen molar-refractivity contribution in [1.82, 2.24) is 9.97 Å². The van der Waals surface area contributed by atoms with Crippen molar-refractivity contribution in [2.24, 2.45) is 0 Å². The number of nitrogens with zero attached hydrogens (tertiary/aromatic N) is 2. The van der Waals surface area contributed by atoms with Gasteiger partial charge in [-0.05, 0) is 60.2 Å². The van der Waals surface area contributed by atoms with E-state index in [1.54, 1.807) is 24.8 Å². The zero-order chi connectivity index (χ0) is 18.2. The molecular weight excluding hydrogens is 356 g/mol. The predicted molar refractivity (Wildman–Crippen MR) is 108 cm³/mol. The van der Waals surface area contributed by atoms with Crippen molar-refractivity contribution >= 4 is 21.6 Å². The first-order valence-corrected chi connectivity index (χ1v) is 9.86. The Kier molecular flexibility index (Phi) is 4.02. The molecule has 1 aliphatic carbocycles. The van der Waals surface area contributed by atoms with Gasteiger partial charge in [-0.3, -0.25) is 0 Å². The largest absolute Gasteiger partial charge is 0.497 e. The maximum absolute atomic E-state index is 6.21. The lowest BCUT2D eigenvalue weighted by molar-refractivity contribution is 0.415. The highest BCUT2D eigenvalue weighted by atomic mass is 32.1. The van der Waals surface area contributed by atoms with E-state index in [4.69, 9.17) is 9.47 Å². The molecule has 0 N–H and O–H groups in total. The number of aromatic nitrogens is 2. The molecule has 4 nitrogen and oxygen atoms in total. The van der Waals surface area contributed by atoms with Crippen molar-refractivity contribution in [2.75, 3.05) is 7.11 Å². The summed E-state index contributed by atoms with van der Waals surface area (Å²) in [6.45, 7) is 0. The molecule has 0 radical (unpaired) electrons. The third kappa shape index (κ3) is 2.94. The zero-order valence-corrected chi connectivity index (χ0v) is 15.8. The van der Waals surface area contributed by atoms with Gasteiger partial charge in [0.15, 0.2) is 0 Å². The number of benzene rings is 2. The van der Waals surface area contributed by atoms with Gasteiger partial charge in [0.05, 0.1) is 12.5 Å². The topological polar surface area (TPSA) is 44.2 Å². The Balaban J connectivity index is 1.57. The molecule has 0 unspecified atom stereocenters. The SMILES string of the molecule is COc1ccc(-c2csc3ncnc(Oc4ccc5c(c4)CCC5)c23)cc1. The van der Waals surface area contributed by atoms with Crippen LogP contribution in [0.3, 0.4) is 0 Å². The smallest absolute Gasteiger partial charge is 0.231 e. The normalized spacial score (nSPS) is 12.9. The van der Waals surface area contributed by atoms with Crippen molar-refractivity contribution < 1.29 is 9.47 Å². The summed E-state index contributed by atoms with van der Waals surface area (Å²) < 4.78 is 11.5. The lowest BCUT2D eigenvalue weighted by Gasteiger charge is -2.09. The minimum atomic E-state index is 0.602. The Labute approximate surface area is 161 Å². The molecule has 0 saturated heterocycles. The van der Waals surface area contributed by atoms with Crippen LogP contribution in [0.2, 0.25) is 0 Å². The molecule has 0 amide bonds. The summed E-state index contributed by atoms with van der Waals surface area (Å²) >= 11 is 1.60. The van der Waals surface area contributed by atoms with E-state index < -0.39 is 0 Å². The highest BCUT2D eigenvalue weighted by molar-refractivity contribution is 7.17. The van der Waals surface area contributed by atoms with Crippen LogP contribution in [0.15, 0.2) is 54.2 Å². The summed E-state index contributed by atoms with van der Waals surface area (Å²) in [7, 11) is 1.67. The highest BCUT2D eigenvalue weighted by Crippen LogP contribution is 2.39. The molecule has 0 spiro atoms. The standard InChI is InChI=1S/C22H18N2O2S/c1-25-17-8-6-15(7-9-17)19-12-27-22-20(19)21(23-13-24-22)26-18-10-5-14-3-2-4-16(14)11-18/h5-13H,2-4H2,1H3. The number of fused-ring (bicyclic) bond motifs is 2. The van der Waals surface area contributed by atoms with E-state index in [0.29, 0.717) is 5.88 Å². The van der Waals surface area contributed by atoms with Crippen LogP contribution >= 0.6 is 11.3 Å². The van der Waals surface area contributed by atoms with Crippen LogP contribution in [0.4, 0.5) is 0 Å². The average molecular weight is 374 g/mol. The zero-order valence-electron chi connectivity index (χ0n) is 14.9. The van der Waals surface area contributed by atoms with E-state index in [0.717, 1.165) is 39.3 Å². The first-order valence-electron chi connectivity index (χ1n) is 8.98. The van der Waals surface area contributed by atoms with Crippen LogP contribution in [0.25, 0.3) is 21.3 Å². The molecule has 0 atom stereocenters. The second-order valence-electron chi connectivity index (χ2n) is 6.62. The van der Waals surface area contributed by atoms with Crippen molar-refractivity contribution in [1.29, 1.82) is 0 Å². The summed E-state index contributed by atoms with van der Waals surface area (Å²) in [6, 6.07) is 14.4. The number of hydrogen-bond acceptors (Lipinski definition) is 5. The quantitative estimate of drug-likeness (QED) is 0.463. The maximum atomic E-state index is 6.21. The van der Waals surface area contributed by atoms with Crippen LogP contribution in [-0.4, -0.2) is 17.1 Å². The van der Waals surface area contributed by atoms with Crippen LogP contribution in [-0.2, 0) is 12.8 Å². The van der Waals surface area contributed by atoms with Crippen molar-refractivity contribution in [2.45, 2.75) is 19.3 Å². The second-order valence-corrected chi connectivity index (χ2v) is 7.48. The molecule has 2 aromatic carbocycles. The number of hydrogen-bond donors (Lipinski definition) is 0. The molecule has 0 fully saturated rings. The van der Waals surface area contributed by atoms with Gasteiger partial charge in [0, 0.05) is 10.9 Å². The number of ether oxygens (including phenoxy) is 2. The molecule has 27 heavy (non-hydrogen) atoms. The van der Waals surface area contributed by atoms with Crippen molar-refractivity contribution in [3.05, 3.63) is 65.3 Å². The van der Waals surface area contributed by atoms with Gasteiger partial charge >= 0.3 is 0 Å². The van der Waals surface area contributed by atoms with Gasteiger partial charge in [-0.15, -0.1) is 11.3 Å². The fourth-order valence-electron chi connectivity index (χ4n) is 3.63. The van der Waals surface area contributed by atoms with Crippen molar-refractivity contribution in [3.63, 3.8) is 0 Å². The van der Waals surface area contributed by atoms with Crippen molar-refractivity contribution in [3.8, 4) is 28.5 Å². The molecule has 2 heterocycles. The Bertz CT molecular complexity index is 1120. The van der Waals surface area contributed by atoms with E-state index in [2.05, 4.69) is 27.5 Å². The predicted octanol–water partition coefficient (Wildman–Crippen LogP) is 5.65. The van der Waals surface area contributed by atoms with Crippen LogP contribution in [0, 0.1) is 0 Å². The first kappa shape index (κ1) is 16.3. The van der Waals surface area contributed by atoms with E-state index in [1.807, 2.05) is 30.3 Å². The Morgan fingerprint density at radius 1 is 0.926 bits per heavy atom. The van der Waals surface area contributed by atoms with Gasteiger partial charge in [-0.25, -0.2) is 9.97 Å². The summed E-state index contributed by atoms with van der Waals surface area (Å²) in [5.74, 6) is 2.27. The third-order valence-corrected chi connectivity index (χ3v) is 5.91. The van der Waals surface area contributed by atoms with Crippen LogP contribution in [0.1, 0.15) is 17.5 Å². The monoisotopic (exact) mass is 374 g/mol. The van der Waals surface area contributed by atoms with Gasteiger partial charge in [-0.2, -0.15) is 0 Å². The third-order valence-electron chi connectivity index (χ3n) is 5.02. The Morgan fingerprint density at radius 3 is 2.59 bits per heavy atom. The van der Waals surface area contributed by atoms with E-state index in [1.165, 1.54) is 24.0 Å². The number of rotatable bonds is 4.